The van der Waals surface area contributed by atoms with Gasteiger partial charge in [-0.1, -0.05) is 6.07 Å². The van der Waals surface area contributed by atoms with Crippen molar-refractivity contribution < 1.29 is 14.3 Å². The van der Waals surface area contributed by atoms with E-state index < -0.39 is 5.91 Å². The molecule has 0 spiro atoms. The zero-order chi connectivity index (χ0) is 14.5. The molecule has 0 radical (unpaired) electrons. The molecule has 1 unspecified atom stereocenters. The van der Waals surface area contributed by atoms with Gasteiger partial charge in [0.1, 0.15) is 0 Å². The summed E-state index contributed by atoms with van der Waals surface area (Å²) < 4.78 is 5.30. The van der Waals surface area contributed by atoms with Crippen LogP contribution in [0.25, 0.3) is 0 Å². The standard InChI is InChI=1S/C14H19N3O3.ClH/c1-9-2-3-10(6-12(9)14(15)19)17-13(18)7-11-8-20-5-4-16-11;/h2-3,6,11,16H,4-5,7-8H2,1H3,(H2,15,19)(H,17,18);1H. The molecule has 1 heterocycles. The van der Waals surface area contributed by atoms with E-state index in [0.29, 0.717) is 30.9 Å². The molecule has 1 atom stereocenters. The summed E-state index contributed by atoms with van der Waals surface area (Å²) in [6, 6.07) is 5.15. The van der Waals surface area contributed by atoms with Gasteiger partial charge in [0.25, 0.3) is 0 Å². The quantitative estimate of drug-likeness (QED) is 0.767. The van der Waals surface area contributed by atoms with Gasteiger partial charge >= 0.3 is 0 Å². The molecular weight excluding hydrogens is 294 g/mol. The minimum Gasteiger partial charge on any atom is -0.378 e. The third-order valence-corrected chi connectivity index (χ3v) is 3.22. The van der Waals surface area contributed by atoms with Gasteiger partial charge in [0.15, 0.2) is 0 Å². The number of primary amides is 1. The van der Waals surface area contributed by atoms with Gasteiger partial charge < -0.3 is 21.1 Å². The summed E-state index contributed by atoms with van der Waals surface area (Å²) in [7, 11) is 0. The number of benzene rings is 1. The number of halogens is 1. The summed E-state index contributed by atoms with van der Waals surface area (Å²) in [4.78, 5) is 23.2. The maximum atomic E-state index is 11.9. The number of morpholine rings is 1. The molecule has 0 saturated carbocycles. The van der Waals surface area contributed by atoms with Crippen molar-refractivity contribution in [3.63, 3.8) is 0 Å². The average molecular weight is 314 g/mol. The number of amides is 2. The molecule has 2 rings (SSSR count). The molecule has 116 valence electrons. The number of anilines is 1. The van der Waals surface area contributed by atoms with Gasteiger partial charge in [0, 0.05) is 30.3 Å². The Morgan fingerprint density at radius 1 is 1.48 bits per heavy atom. The van der Waals surface area contributed by atoms with E-state index in [-0.39, 0.29) is 24.4 Å². The summed E-state index contributed by atoms with van der Waals surface area (Å²) in [5.41, 5.74) is 7.07. The molecule has 21 heavy (non-hydrogen) atoms. The van der Waals surface area contributed by atoms with Crippen molar-refractivity contribution in [1.82, 2.24) is 5.32 Å². The number of carbonyl (C=O) groups excluding carboxylic acids is 2. The van der Waals surface area contributed by atoms with E-state index in [9.17, 15) is 9.59 Å². The molecule has 1 aromatic carbocycles. The van der Waals surface area contributed by atoms with Gasteiger partial charge in [-0.25, -0.2) is 0 Å². The first kappa shape index (κ1) is 17.4. The van der Waals surface area contributed by atoms with Crippen molar-refractivity contribution in [2.24, 2.45) is 5.73 Å². The van der Waals surface area contributed by atoms with E-state index in [1.165, 1.54) is 0 Å². The SMILES string of the molecule is Cc1ccc(NC(=O)CC2COCCN2)cc1C(N)=O.Cl. The Labute approximate surface area is 129 Å². The second-order valence-corrected chi connectivity index (χ2v) is 4.87. The third kappa shape index (κ3) is 5.00. The second kappa shape index (κ2) is 7.97. The molecular formula is C14H20ClN3O3. The zero-order valence-electron chi connectivity index (χ0n) is 11.8. The first-order chi connectivity index (χ1) is 9.56. The van der Waals surface area contributed by atoms with Crippen LogP contribution in [0.5, 0.6) is 0 Å². The number of hydrogen-bond acceptors (Lipinski definition) is 4. The Kier molecular flexibility index (Phi) is 6.61. The maximum Gasteiger partial charge on any atom is 0.249 e. The Balaban J connectivity index is 0.00000220. The minimum absolute atomic E-state index is 0. The van der Waals surface area contributed by atoms with E-state index in [1.54, 1.807) is 25.1 Å². The highest BCUT2D eigenvalue weighted by atomic mass is 35.5. The molecule has 1 fully saturated rings. The van der Waals surface area contributed by atoms with Gasteiger partial charge in [-0.05, 0) is 24.6 Å². The molecule has 1 aliphatic rings. The number of hydrogen-bond donors (Lipinski definition) is 3. The Hall–Kier alpha value is -1.63. The molecule has 0 aliphatic carbocycles. The van der Waals surface area contributed by atoms with Crippen LogP contribution < -0.4 is 16.4 Å². The Morgan fingerprint density at radius 3 is 2.86 bits per heavy atom. The monoisotopic (exact) mass is 313 g/mol. The smallest absolute Gasteiger partial charge is 0.249 e. The van der Waals surface area contributed by atoms with Crippen LogP contribution in [0.15, 0.2) is 18.2 Å². The average Bonchev–Trinajstić information content (AvgIpc) is 2.41. The number of carbonyl (C=O) groups is 2. The fourth-order valence-corrected chi connectivity index (χ4v) is 2.15. The number of aryl methyl sites for hydroxylation is 1. The summed E-state index contributed by atoms with van der Waals surface area (Å²) in [6.45, 7) is 3.77. The van der Waals surface area contributed by atoms with Crippen molar-refractivity contribution in [2.75, 3.05) is 25.1 Å². The van der Waals surface area contributed by atoms with Crippen molar-refractivity contribution in [3.8, 4) is 0 Å². The van der Waals surface area contributed by atoms with Gasteiger partial charge in [-0.15, -0.1) is 12.4 Å². The summed E-state index contributed by atoms with van der Waals surface area (Å²) in [5.74, 6) is -0.617. The zero-order valence-corrected chi connectivity index (χ0v) is 12.7. The lowest BCUT2D eigenvalue weighted by Crippen LogP contribution is -2.43. The Morgan fingerprint density at radius 2 is 2.24 bits per heavy atom. The lowest BCUT2D eigenvalue weighted by atomic mass is 10.1. The molecule has 7 heteroatoms. The van der Waals surface area contributed by atoms with Crippen LogP contribution >= 0.6 is 12.4 Å². The number of nitrogens with two attached hydrogens (primary N) is 1. The van der Waals surface area contributed by atoms with E-state index in [4.69, 9.17) is 10.5 Å². The molecule has 1 saturated heterocycles. The van der Waals surface area contributed by atoms with Gasteiger partial charge in [-0.2, -0.15) is 0 Å². The molecule has 0 aromatic heterocycles. The summed E-state index contributed by atoms with van der Waals surface area (Å²) in [6.07, 6.45) is 0.333. The molecule has 6 nitrogen and oxygen atoms in total. The number of rotatable bonds is 4. The third-order valence-electron chi connectivity index (χ3n) is 3.22. The van der Waals surface area contributed by atoms with Crippen molar-refractivity contribution in [2.45, 2.75) is 19.4 Å². The predicted octanol–water partition coefficient (Wildman–Crippen LogP) is 0.833. The van der Waals surface area contributed by atoms with Crippen molar-refractivity contribution in [3.05, 3.63) is 29.3 Å². The minimum atomic E-state index is -0.499. The lowest BCUT2D eigenvalue weighted by molar-refractivity contribution is -0.117. The van der Waals surface area contributed by atoms with Crippen LogP contribution in [0, 0.1) is 6.92 Å². The van der Waals surface area contributed by atoms with E-state index in [0.717, 1.165) is 12.1 Å². The van der Waals surface area contributed by atoms with Crippen LogP contribution in [-0.2, 0) is 9.53 Å². The van der Waals surface area contributed by atoms with E-state index in [1.807, 2.05) is 0 Å². The van der Waals surface area contributed by atoms with Crippen LogP contribution in [0.1, 0.15) is 22.3 Å². The summed E-state index contributed by atoms with van der Waals surface area (Å²) >= 11 is 0. The molecule has 1 aromatic rings. The highest BCUT2D eigenvalue weighted by Gasteiger charge is 2.17. The number of nitrogens with one attached hydrogen (secondary N) is 2. The highest BCUT2D eigenvalue weighted by molar-refractivity contribution is 5.97. The van der Waals surface area contributed by atoms with Crippen molar-refractivity contribution >= 4 is 29.9 Å². The fraction of sp³-hybridized carbons (Fsp3) is 0.429. The van der Waals surface area contributed by atoms with Crippen LogP contribution in [0.4, 0.5) is 5.69 Å². The van der Waals surface area contributed by atoms with Crippen LogP contribution in [0.2, 0.25) is 0 Å². The van der Waals surface area contributed by atoms with Gasteiger partial charge in [0.05, 0.1) is 13.2 Å². The topological polar surface area (TPSA) is 93.4 Å². The largest absolute Gasteiger partial charge is 0.378 e. The summed E-state index contributed by atoms with van der Waals surface area (Å²) in [5, 5.41) is 5.98. The first-order valence-corrected chi connectivity index (χ1v) is 6.57. The second-order valence-electron chi connectivity index (χ2n) is 4.87. The predicted molar refractivity (Wildman–Crippen MR) is 82.8 cm³/mol. The van der Waals surface area contributed by atoms with E-state index >= 15 is 0 Å². The first-order valence-electron chi connectivity index (χ1n) is 6.57. The fourth-order valence-electron chi connectivity index (χ4n) is 2.15. The molecule has 2 amide bonds. The van der Waals surface area contributed by atoms with Crippen LogP contribution in [0.3, 0.4) is 0 Å². The normalized spacial score (nSPS) is 17.7. The van der Waals surface area contributed by atoms with E-state index in [2.05, 4.69) is 10.6 Å². The Bertz CT molecular complexity index is 516. The van der Waals surface area contributed by atoms with Gasteiger partial charge in [0.2, 0.25) is 11.8 Å². The molecule has 4 N–H and O–H groups in total. The lowest BCUT2D eigenvalue weighted by Gasteiger charge is -2.23. The highest BCUT2D eigenvalue weighted by Crippen LogP contribution is 2.15. The van der Waals surface area contributed by atoms with Crippen molar-refractivity contribution in [1.29, 1.82) is 0 Å². The maximum absolute atomic E-state index is 11.9. The van der Waals surface area contributed by atoms with Crippen LogP contribution in [-0.4, -0.2) is 37.6 Å². The molecule has 0 bridgehead atoms. The van der Waals surface area contributed by atoms with Gasteiger partial charge in [-0.3, -0.25) is 9.59 Å². The number of ether oxygens (including phenoxy) is 1. The molecule has 1 aliphatic heterocycles.